The van der Waals surface area contributed by atoms with Gasteiger partial charge in [0.05, 0.1) is 52.7 Å². The van der Waals surface area contributed by atoms with Crippen molar-refractivity contribution in [2.75, 3.05) is 85.5 Å². The van der Waals surface area contributed by atoms with Crippen LogP contribution in [0.25, 0.3) is 0 Å². The minimum Gasteiger partial charge on any atom is -0.481 e. The minimum absolute atomic E-state index is 0.0233. The number of ether oxygens (including phenoxy) is 2. The summed E-state index contributed by atoms with van der Waals surface area (Å²) >= 11 is 0. The van der Waals surface area contributed by atoms with Gasteiger partial charge in [-0.1, -0.05) is 0 Å². The third-order valence-corrected chi connectivity index (χ3v) is 11.5. The lowest BCUT2D eigenvalue weighted by atomic mass is 10.1. The second-order valence-corrected chi connectivity index (χ2v) is 18.0. The summed E-state index contributed by atoms with van der Waals surface area (Å²) in [5.41, 5.74) is 4.94. The molecule has 0 saturated heterocycles. The van der Waals surface area contributed by atoms with Gasteiger partial charge in [-0.15, -0.1) is 0 Å². The SMILES string of the molecule is NC(=O)COCCOCCNC(=O)CNC(=O)C(CO)NC(=O)CNC(=O)C(CO)NC(=O)CNC(=O)C(CCCCNC(=O)C(CCC(=O)O)NC(=O)CCN1C(=O)C=CC1=O)NC(=O)C(CCC(=O)O)NC(=O)CCN1C(=O)C=CC1=O. The topological polar surface area (TPSA) is 542 Å². The number of primary amides is 1. The van der Waals surface area contributed by atoms with Crippen molar-refractivity contribution in [3.8, 4) is 0 Å². The number of aliphatic carboxylic acids is 2. The molecule has 0 aromatic carbocycles. The van der Waals surface area contributed by atoms with E-state index < -0.39 is 202 Å². The van der Waals surface area contributed by atoms with Crippen molar-refractivity contribution in [1.29, 1.82) is 0 Å². The van der Waals surface area contributed by atoms with Crippen LogP contribution < -0.4 is 58.9 Å². The van der Waals surface area contributed by atoms with Crippen LogP contribution in [0.15, 0.2) is 24.3 Å². The van der Waals surface area contributed by atoms with Gasteiger partial charge in [0.1, 0.15) is 36.8 Å². The van der Waals surface area contributed by atoms with E-state index in [9.17, 15) is 102 Å². The Hall–Kier alpha value is -9.29. The van der Waals surface area contributed by atoms with E-state index in [1.807, 2.05) is 0 Å². The van der Waals surface area contributed by atoms with Crippen molar-refractivity contribution in [3.63, 3.8) is 0 Å². The molecule has 0 spiro atoms. The van der Waals surface area contributed by atoms with E-state index in [0.29, 0.717) is 0 Å². The molecule has 464 valence electrons. The average molecular weight is 1200 g/mol. The van der Waals surface area contributed by atoms with Crippen LogP contribution in [0.5, 0.6) is 0 Å². The van der Waals surface area contributed by atoms with Crippen LogP contribution >= 0.6 is 0 Å². The van der Waals surface area contributed by atoms with Gasteiger partial charge in [-0.05, 0) is 32.1 Å². The van der Waals surface area contributed by atoms with E-state index in [1.165, 1.54) is 0 Å². The number of rotatable bonds is 43. The zero-order chi connectivity index (χ0) is 62.7. The highest BCUT2D eigenvalue weighted by Crippen LogP contribution is 2.09. The zero-order valence-corrected chi connectivity index (χ0v) is 45.3. The molecule has 0 aliphatic carbocycles. The molecule has 0 bridgehead atoms. The Balaban J connectivity index is 2.06. The van der Waals surface area contributed by atoms with Gasteiger partial charge in [-0.25, -0.2) is 0 Å². The molecule has 0 aromatic heterocycles. The summed E-state index contributed by atoms with van der Waals surface area (Å²) in [6, 6.07) is -7.99. The lowest BCUT2D eigenvalue weighted by molar-refractivity contribution is -0.140. The molecule has 2 heterocycles. The molecule has 36 nitrogen and oxygen atoms in total. The largest absolute Gasteiger partial charge is 0.481 e. The minimum atomic E-state index is -1.76. The predicted octanol–water partition coefficient (Wildman–Crippen LogP) is -9.98. The zero-order valence-electron chi connectivity index (χ0n) is 45.3. The lowest BCUT2D eigenvalue weighted by Gasteiger charge is -2.24. The first kappa shape index (κ1) is 70.8. The van der Waals surface area contributed by atoms with Crippen LogP contribution in [-0.2, 0) is 91.0 Å². The molecule has 0 aromatic rings. The quantitative estimate of drug-likeness (QED) is 0.0199. The number of carbonyl (C=O) groups excluding carboxylic acids is 15. The number of aliphatic hydroxyl groups excluding tert-OH is 2. The Morgan fingerprint density at radius 3 is 1.26 bits per heavy atom. The number of carboxylic acid groups (broad SMARTS) is 2. The second kappa shape index (κ2) is 38.4. The standard InChI is InChI=1S/C48H69N13O23/c49-32(64)26-84-20-19-83-18-15-50-35(67)21-52-46(80)30(24-62)57-37(69)23-54-47(81)31(25-63)58-36(68)22-53-45(79)27(59-48(82)29(5-11-43(76)77)56-34(66)13-17-61-40(72)8-9-41(61)73)3-1-2-14-51-44(78)28(4-10-42(74)75)55-33(65)12-16-60-38(70)6-7-39(60)71/h6-9,27-31,62-63H,1-5,10-26H2,(H2,49,64)(H,50,67)(H,51,78)(H,52,80)(H,53,79)(H,54,81)(H,55,65)(H,56,66)(H,57,69)(H,58,68)(H,59,82)(H,74,75)(H,76,77). The van der Waals surface area contributed by atoms with Crippen LogP contribution in [0.2, 0.25) is 0 Å². The number of carboxylic acids is 2. The molecule has 2 rings (SSSR count). The van der Waals surface area contributed by atoms with E-state index in [0.717, 1.165) is 34.1 Å². The van der Waals surface area contributed by atoms with Gasteiger partial charge in [0.15, 0.2) is 0 Å². The maximum atomic E-state index is 13.7. The van der Waals surface area contributed by atoms with Crippen molar-refractivity contribution in [3.05, 3.63) is 24.3 Å². The van der Waals surface area contributed by atoms with Gasteiger partial charge >= 0.3 is 11.9 Å². The van der Waals surface area contributed by atoms with Gasteiger partial charge in [-0.2, -0.15) is 0 Å². The number of aliphatic hydroxyl groups is 2. The average Bonchev–Trinajstić information content (AvgIpc) is 4.21. The van der Waals surface area contributed by atoms with E-state index in [2.05, 4.69) is 53.2 Å². The number of unbranched alkanes of at least 4 members (excludes halogenated alkanes) is 1. The monoisotopic (exact) mass is 1200 g/mol. The third kappa shape index (κ3) is 28.4. The van der Waals surface area contributed by atoms with Crippen molar-refractivity contribution >= 4 is 101 Å². The normalized spacial score (nSPS) is 14.3. The fraction of sp³-hybridized carbons (Fsp3) is 0.562. The number of hydrogen-bond acceptors (Lipinski definition) is 21. The van der Waals surface area contributed by atoms with Crippen LogP contribution in [-0.4, -0.2) is 246 Å². The van der Waals surface area contributed by atoms with Crippen LogP contribution in [0, 0.1) is 0 Å². The van der Waals surface area contributed by atoms with Gasteiger partial charge in [0.25, 0.3) is 23.6 Å². The molecule has 2 aliphatic rings. The van der Waals surface area contributed by atoms with Crippen molar-refractivity contribution < 1.29 is 111 Å². The fourth-order valence-corrected chi connectivity index (χ4v) is 7.15. The molecule has 0 fully saturated rings. The summed E-state index contributed by atoms with van der Waals surface area (Å²) in [4.78, 5) is 212. The first-order valence-corrected chi connectivity index (χ1v) is 25.9. The van der Waals surface area contributed by atoms with Gasteiger partial charge in [0.2, 0.25) is 65.0 Å². The number of nitrogens with two attached hydrogens (primary N) is 1. The smallest absolute Gasteiger partial charge is 0.303 e. The molecular formula is C48H69N13O23. The van der Waals surface area contributed by atoms with E-state index in [4.69, 9.17) is 15.2 Å². The lowest BCUT2D eigenvalue weighted by Crippen LogP contribution is -2.56. The molecule has 36 heteroatoms. The molecule has 0 saturated carbocycles. The maximum absolute atomic E-state index is 13.7. The number of imide groups is 2. The van der Waals surface area contributed by atoms with Crippen LogP contribution in [0.1, 0.15) is 57.8 Å². The summed E-state index contributed by atoms with van der Waals surface area (Å²) < 4.78 is 10.1. The fourth-order valence-electron chi connectivity index (χ4n) is 7.15. The van der Waals surface area contributed by atoms with E-state index in [1.54, 1.807) is 0 Å². The molecule has 5 unspecified atom stereocenters. The summed E-state index contributed by atoms with van der Waals surface area (Å²) in [6.07, 6.45) is 0.568. The van der Waals surface area contributed by atoms with E-state index in [-0.39, 0.29) is 71.7 Å². The molecular weight excluding hydrogens is 1130 g/mol. The molecule has 84 heavy (non-hydrogen) atoms. The number of nitrogens with one attached hydrogen (secondary N) is 10. The number of nitrogens with zero attached hydrogens (tertiary/aromatic N) is 2. The Labute approximate surface area is 477 Å². The Morgan fingerprint density at radius 1 is 0.429 bits per heavy atom. The van der Waals surface area contributed by atoms with E-state index >= 15 is 0 Å². The highest BCUT2D eigenvalue weighted by atomic mass is 16.5. The first-order valence-electron chi connectivity index (χ1n) is 25.9. The van der Waals surface area contributed by atoms with Crippen LogP contribution in [0.4, 0.5) is 0 Å². The van der Waals surface area contributed by atoms with Crippen molar-refractivity contribution in [1.82, 2.24) is 63.0 Å². The maximum Gasteiger partial charge on any atom is 0.303 e. The van der Waals surface area contributed by atoms with Crippen LogP contribution in [0.3, 0.4) is 0 Å². The highest BCUT2D eigenvalue weighted by Gasteiger charge is 2.31. The van der Waals surface area contributed by atoms with Gasteiger partial charge < -0.3 is 88.8 Å². The Morgan fingerprint density at radius 2 is 0.821 bits per heavy atom. The molecule has 15 amide bonds. The predicted molar refractivity (Wildman–Crippen MR) is 278 cm³/mol. The number of hydrogen-bond donors (Lipinski definition) is 15. The molecule has 5 atom stereocenters. The summed E-state index contributed by atoms with van der Waals surface area (Å²) in [6.45, 7) is -5.38. The van der Waals surface area contributed by atoms with Gasteiger partial charge in [-0.3, -0.25) is 91.3 Å². The van der Waals surface area contributed by atoms with Crippen molar-refractivity contribution in [2.24, 2.45) is 5.73 Å². The molecule has 16 N–H and O–H groups in total. The number of amides is 15. The Kier molecular flexibility index (Phi) is 32.4. The van der Waals surface area contributed by atoms with Gasteiger partial charge in [0, 0.05) is 76.2 Å². The summed E-state index contributed by atoms with van der Waals surface area (Å²) in [7, 11) is 0. The Bertz CT molecular complexity index is 2470. The number of carbonyl (C=O) groups is 17. The van der Waals surface area contributed by atoms with Crippen molar-refractivity contribution in [2.45, 2.75) is 88.0 Å². The summed E-state index contributed by atoms with van der Waals surface area (Å²) in [5, 5.41) is 60.8. The first-order chi connectivity index (χ1) is 39.8. The molecule has 0 radical (unpaired) electrons. The third-order valence-electron chi connectivity index (χ3n) is 11.5. The molecule has 2 aliphatic heterocycles. The highest BCUT2D eigenvalue weighted by molar-refractivity contribution is 6.13. The summed E-state index contributed by atoms with van der Waals surface area (Å²) in [5.74, 6) is -15.8. The second-order valence-electron chi connectivity index (χ2n) is 18.0.